The number of carbonyl (C=O) groups is 2. The summed E-state index contributed by atoms with van der Waals surface area (Å²) in [5.74, 6) is 0.172. The van der Waals surface area contributed by atoms with Crippen LogP contribution in [0.2, 0.25) is 5.02 Å². The molecular formula is C23H24ClF3N2O4. The molecule has 0 saturated heterocycles. The lowest BCUT2D eigenvalue weighted by Crippen LogP contribution is -2.45. The second kappa shape index (κ2) is 11.3. The summed E-state index contributed by atoms with van der Waals surface area (Å²) in [6.07, 6.45) is -1.63. The fraction of sp³-hybridized carbons (Fsp3) is 0.391. The number of alkyl halides is 3. The zero-order valence-corrected chi connectivity index (χ0v) is 18.4. The Morgan fingerprint density at radius 3 is 1.58 bits per heavy atom. The summed E-state index contributed by atoms with van der Waals surface area (Å²) in [5.41, 5.74) is -0.778. The third-order valence-corrected chi connectivity index (χ3v) is 5.44. The molecular weight excluding hydrogens is 461 g/mol. The lowest BCUT2D eigenvalue weighted by molar-refractivity contribution is -0.137. The maximum atomic E-state index is 12.6. The summed E-state index contributed by atoms with van der Waals surface area (Å²) in [6, 6.07) is 10.9. The summed E-state index contributed by atoms with van der Waals surface area (Å²) in [4.78, 5) is 24.2. The van der Waals surface area contributed by atoms with Crippen LogP contribution < -0.4 is 20.1 Å². The highest BCUT2D eigenvalue weighted by atomic mass is 35.5. The van der Waals surface area contributed by atoms with Crippen LogP contribution in [0, 0.1) is 0 Å². The van der Waals surface area contributed by atoms with Crippen LogP contribution in [0.15, 0.2) is 48.5 Å². The number of hydrogen-bond acceptors (Lipinski definition) is 4. The minimum Gasteiger partial charge on any atom is -0.484 e. The molecule has 2 N–H and O–H groups in total. The van der Waals surface area contributed by atoms with E-state index >= 15 is 0 Å². The first-order chi connectivity index (χ1) is 15.7. The summed E-state index contributed by atoms with van der Waals surface area (Å²) in [5, 5.41) is 6.37. The molecule has 1 aliphatic rings. The molecule has 0 bridgehead atoms. The van der Waals surface area contributed by atoms with Crippen LogP contribution >= 0.6 is 11.6 Å². The predicted molar refractivity (Wildman–Crippen MR) is 116 cm³/mol. The second-order valence-electron chi connectivity index (χ2n) is 7.74. The van der Waals surface area contributed by atoms with Gasteiger partial charge in [0.2, 0.25) is 0 Å². The Balaban J connectivity index is 1.32. The molecule has 0 aliphatic heterocycles. The quantitative estimate of drug-likeness (QED) is 0.583. The molecule has 0 radical (unpaired) electrons. The van der Waals surface area contributed by atoms with Crippen molar-refractivity contribution in [3.8, 4) is 11.5 Å². The molecule has 2 aromatic carbocycles. The highest BCUT2D eigenvalue weighted by molar-refractivity contribution is 6.30. The fourth-order valence-electron chi connectivity index (χ4n) is 3.49. The molecule has 10 heteroatoms. The van der Waals surface area contributed by atoms with Gasteiger partial charge in [-0.15, -0.1) is 0 Å². The molecule has 0 unspecified atom stereocenters. The van der Waals surface area contributed by atoms with Gasteiger partial charge in [0.25, 0.3) is 11.8 Å². The minimum absolute atomic E-state index is 0.00265. The van der Waals surface area contributed by atoms with Crippen LogP contribution in [0.1, 0.15) is 31.2 Å². The van der Waals surface area contributed by atoms with Crippen molar-refractivity contribution >= 4 is 23.4 Å². The van der Waals surface area contributed by atoms with Crippen LogP contribution in [0.4, 0.5) is 13.2 Å². The van der Waals surface area contributed by atoms with Gasteiger partial charge in [0.1, 0.15) is 11.5 Å². The molecule has 178 valence electrons. The van der Waals surface area contributed by atoms with Gasteiger partial charge in [0.05, 0.1) is 5.56 Å². The molecule has 0 aromatic heterocycles. The minimum atomic E-state index is -4.42. The number of ether oxygens (including phenoxy) is 2. The number of amides is 2. The van der Waals surface area contributed by atoms with Crippen molar-refractivity contribution in [2.45, 2.75) is 43.9 Å². The Kier molecular flexibility index (Phi) is 8.43. The van der Waals surface area contributed by atoms with Crippen LogP contribution in [0.5, 0.6) is 11.5 Å². The number of nitrogens with one attached hydrogen (secondary N) is 2. The highest BCUT2D eigenvalue weighted by Crippen LogP contribution is 2.30. The third kappa shape index (κ3) is 8.16. The van der Waals surface area contributed by atoms with Gasteiger partial charge in [-0.25, -0.2) is 0 Å². The van der Waals surface area contributed by atoms with E-state index in [2.05, 4.69) is 10.6 Å². The molecule has 0 heterocycles. The first-order valence-corrected chi connectivity index (χ1v) is 10.8. The van der Waals surface area contributed by atoms with Crippen LogP contribution in [0.25, 0.3) is 0 Å². The van der Waals surface area contributed by atoms with Gasteiger partial charge >= 0.3 is 6.18 Å². The molecule has 1 saturated carbocycles. The fourth-order valence-corrected chi connectivity index (χ4v) is 3.62. The van der Waals surface area contributed by atoms with E-state index in [1.54, 1.807) is 24.3 Å². The van der Waals surface area contributed by atoms with Crippen LogP contribution in [-0.4, -0.2) is 37.1 Å². The smallest absolute Gasteiger partial charge is 0.416 e. The first kappa shape index (κ1) is 24.7. The molecule has 3 rings (SSSR count). The van der Waals surface area contributed by atoms with E-state index in [1.807, 2.05) is 0 Å². The number of halogens is 4. The average molecular weight is 485 g/mol. The topological polar surface area (TPSA) is 76.7 Å². The maximum Gasteiger partial charge on any atom is 0.416 e. The van der Waals surface area contributed by atoms with E-state index in [1.165, 1.54) is 12.1 Å². The van der Waals surface area contributed by atoms with Crippen molar-refractivity contribution in [3.63, 3.8) is 0 Å². The van der Waals surface area contributed by atoms with E-state index < -0.39 is 11.7 Å². The summed E-state index contributed by atoms with van der Waals surface area (Å²) < 4.78 is 48.4. The lowest BCUT2D eigenvalue weighted by atomic mass is 9.91. The zero-order chi connectivity index (χ0) is 23.8. The normalized spacial score (nSPS) is 18.3. The standard InChI is InChI=1S/C23H24ClF3N2O4/c24-16-3-11-20(12-4-16)33-14-22(31)29-18-7-5-17(6-8-18)28-21(30)13-32-19-9-1-15(2-10-19)23(25,26)27/h1-4,9-12,17-18H,5-8,13-14H2,(H,28,30)(H,29,31)/t17-,18-. The molecule has 1 fully saturated rings. The molecule has 2 aromatic rings. The van der Waals surface area contributed by atoms with E-state index in [-0.39, 0.29) is 42.9 Å². The third-order valence-electron chi connectivity index (χ3n) is 5.19. The Morgan fingerprint density at radius 2 is 1.18 bits per heavy atom. The van der Waals surface area contributed by atoms with Crippen molar-refractivity contribution in [1.29, 1.82) is 0 Å². The van der Waals surface area contributed by atoms with Crippen molar-refractivity contribution in [3.05, 3.63) is 59.1 Å². The average Bonchev–Trinajstić information content (AvgIpc) is 2.78. The van der Waals surface area contributed by atoms with Gasteiger partial charge < -0.3 is 20.1 Å². The number of hydrogen-bond donors (Lipinski definition) is 2. The van der Waals surface area contributed by atoms with Gasteiger partial charge in [0, 0.05) is 17.1 Å². The monoisotopic (exact) mass is 484 g/mol. The SMILES string of the molecule is O=C(COc1ccc(Cl)cc1)N[C@H]1CC[C@H](NC(=O)COc2ccc(C(F)(F)F)cc2)CC1. The lowest BCUT2D eigenvalue weighted by Gasteiger charge is -2.29. The Bertz CT molecular complexity index is 928. The zero-order valence-electron chi connectivity index (χ0n) is 17.7. The Hall–Kier alpha value is -2.94. The van der Waals surface area contributed by atoms with E-state index in [0.717, 1.165) is 12.1 Å². The van der Waals surface area contributed by atoms with Gasteiger partial charge in [-0.2, -0.15) is 13.2 Å². The van der Waals surface area contributed by atoms with Gasteiger partial charge in [-0.1, -0.05) is 11.6 Å². The van der Waals surface area contributed by atoms with Crippen molar-refractivity contribution in [1.82, 2.24) is 10.6 Å². The Labute approximate surface area is 194 Å². The van der Waals surface area contributed by atoms with Crippen LogP contribution in [0.3, 0.4) is 0 Å². The molecule has 33 heavy (non-hydrogen) atoms. The summed E-state index contributed by atoms with van der Waals surface area (Å²) in [6.45, 7) is -0.385. The number of carbonyl (C=O) groups excluding carboxylic acids is 2. The molecule has 0 spiro atoms. The van der Waals surface area contributed by atoms with Gasteiger partial charge in [0.15, 0.2) is 13.2 Å². The summed E-state index contributed by atoms with van der Waals surface area (Å²) >= 11 is 5.81. The second-order valence-corrected chi connectivity index (χ2v) is 8.17. The van der Waals surface area contributed by atoms with Crippen molar-refractivity contribution in [2.75, 3.05) is 13.2 Å². The van der Waals surface area contributed by atoms with E-state index in [4.69, 9.17) is 21.1 Å². The molecule has 0 atom stereocenters. The molecule has 1 aliphatic carbocycles. The van der Waals surface area contributed by atoms with E-state index in [0.29, 0.717) is 36.5 Å². The van der Waals surface area contributed by atoms with E-state index in [9.17, 15) is 22.8 Å². The van der Waals surface area contributed by atoms with Crippen LogP contribution in [-0.2, 0) is 15.8 Å². The van der Waals surface area contributed by atoms with Crippen molar-refractivity contribution in [2.24, 2.45) is 0 Å². The maximum absolute atomic E-state index is 12.6. The molecule has 6 nitrogen and oxygen atoms in total. The van der Waals surface area contributed by atoms with Gasteiger partial charge in [-0.3, -0.25) is 9.59 Å². The number of benzene rings is 2. The first-order valence-electron chi connectivity index (χ1n) is 10.5. The predicted octanol–water partition coefficient (Wildman–Crippen LogP) is 4.36. The molecule has 2 amide bonds. The summed E-state index contributed by atoms with van der Waals surface area (Å²) in [7, 11) is 0. The van der Waals surface area contributed by atoms with Crippen molar-refractivity contribution < 1.29 is 32.2 Å². The highest BCUT2D eigenvalue weighted by Gasteiger charge is 2.30. The van der Waals surface area contributed by atoms with Gasteiger partial charge in [-0.05, 0) is 74.2 Å². The largest absolute Gasteiger partial charge is 0.484 e. The number of rotatable bonds is 8. The Morgan fingerprint density at radius 1 is 0.788 bits per heavy atom.